The molecule has 2 heterocycles. The van der Waals surface area contributed by atoms with Gasteiger partial charge in [-0.15, -0.1) is 0 Å². The van der Waals surface area contributed by atoms with Gasteiger partial charge < -0.3 is 25.0 Å². The minimum absolute atomic E-state index is 0.00347. The minimum atomic E-state index is -0.733. The summed E-state index contributed by atoms with van der Waals surface area (Å²) >= 11 is 0. The van der Waals surface area contributed by atoms with Crippen LogP contribution < -0.4 is 19.9 Å². The fourth-order valence-corrected chi connectivity index (χ4v) is 4.61. The van der Waals surface area contributed by atoms with Crippen molar-refractivity contribution < 1.29 is 28.2 Å². The lowest BCUT2D eigenvalue weighted by molar-refractivity contribution is -0.117. The van der Waals surface area contributed by atoms with E-state index < -0.39 is 17.7 Å². The fourth-order valence-electron chi connectivity index (χ4n) is 4.61. The molecule has 2 aromatic rings. The first-order chi connectivity index (χ1) is 16.8. The summed E-state index contributed by atoms with van der Waals surface area (Å²) in [4.78, 5) is 29.8. The number of nitrogens with zero attached hydrogens (tertiary/aromatic N) is 3. The number of amides is 2. The van der Waals surface area contributed by atoms with Crippen LogP contribution in [-0.2, 0) is 11.2 Å². The lowest BCUT2D eigenvalue weighted by Crippen LogP contribution is -2.49. The fraction of sp³-hybridized carbons (Fsp3) is 0.440. The number of nitrogens with one attached hydrogen (secondary N) is 1. The van der Waals surface area contributed by atoms with Crippen LogP contribution in [0.1, 0.15) is 22.3 Å². The van der Waals surface area contributed by atoms with Gasteiger partial charge in [0.05, 0.1) is 25.3 Å². The minimum Gasteiger partial charge on any atom is -0.492 e. The van der Waals surface area contributed by atoms with Crippen molar-refractivity contribution in [3.63, 3.8) is 0 Å². The van der Waals surface area contributed by atoms with E-state index in [1.165, 1.54) is 13.2 Å². The lowest BCUT2D eigenvalue weighted by Gasteiger charge is -2.37. The van der Waals surface area contributed by atoms with E-state index in [0.717, 1.165) is 17.3 Å². The maximum Gasteiger partial charge on any atom is 0.251 e. The van der Waals surface area contributed by atoms with Crippen LogP contribution >= 0.6 is 0 Å². The van der Waals surface area contributed by atoms with Gasteiger partial charge in [0.2, 0.25) is 5.91 Å². The van der Waals surface area contributed by atoms with E-state index in [4.69, 9.17) is 4.74 Å². The number of fused-ring (bicyclic) bond motifs is 1. The highest BCUT2D eigenvalue weighted by Crippen LogP contribution is 2.33. The molecule has 2 aromatic carbocycles. The van der Waals surface area contributed by atoms with Crippen molar-refractivity contribution in [2.75, 3.05) is 63.2 Å². The smallest absolute Gasteiger partial charge is 0.251 e. The van der Waals surface area contributed by atoms with Crippen molar-refractivity contribution in [3.8, 4) is 5.75 Å². The van der Waals surface area contributed by atoms with Gasteiger partial charge in [0.25, 0.3) is 5.91 Å². The predicted molar refractivity (Wildman–Crippen MR) is 128 cm³/mol. The zero-order chi connectivity index (χ0) is 25.1. The summed E-state index contributed by atoms with van der Waals surface area (Å²) < 4.78 is 32.8. The Morgan fingerprint density at radius 2 is 1.89 bits per heavy atom. The maximum absolute atomic E-state index is 14.0. The molecule has 0 saturated carbocycles. The van der Waals surface area contributed by atoms with Gasteiger partial charge in [0.1, 0.15) is 5.82 Å². The van der Waals surface area contributed by atoms with E-state index in [0.29, 0.717) is 63.4 Å². The number of carbonyl (C=O) groups is 2. The molecule has 0 spiro atoms. The average Bonchev–Trinajstić information content (AvgIpc) is 3.11. The number of β-amino-alcohol motifs (C(OH)–C–C–N with tert-alkyl or cyclic N) is 1. The zero-order valence-corrected chi connectivity index (χ0v) is 19.9. The van der Waals surface area contributed by atoms with E-state index in [1.807, 2.05) is 4.90 Å². The van der Waals surface area contributed by atoms with Crippen LogP contribution in [0.5, 0.6) is 5.75 Å². The second kappa shape index (κ2) is 10.6. The van der Waals surface area contributed by atoms with Gasteiger partial charge in [-0.1, -0.05) is 0 Å². The number of ether oxygens (including phenoxy) is 1. The largest absolute Gasteiger partial charge is 0.492 e. The molecule has 0 unspecified atom stereocenters. The highest BCUT2D eigenvalue weighted by atomic mass is 19.1. The van der Waals surface area contributed by atoms with Gasteiger partial charge in [0.15, 0.2) is 11.6 Å². The second-order valence-electron chi connectivity index (χ2n) is 8.90. The standard InChI is InChI=1S/C25H30F2N4O4/c1-29-21-4-3-16(11-17(21)12-23(29)33)25(34)28-6-5-19(32)15-30-7-9-31(10-8-30)22-14-18(26)13-20(27)24(22)35-2/h3-4,11,13-14,19,32H,5-10,12,15H2,1-2H3,(H,28,34)/t19-/m1/s1. The molecule has 1 fully saturated rings. The molecule has 2 aliphatic heterocycles. The third kappa shape index (κ3) is 5.54. The topological polar surface area (TPSA) is 85.3 Å². The van der Waals surface area contributed by atoms with Gasteiger partial charge in [-0.25, -0.2) is 8.78 Å². The lowest BCUT2D eigenvalue weighted by atomic mass is 10.1. The average molecular weight is 489 g/mol. The van der Waals surface area contributed by atoms with Gasteiger partial charge in [-0.3, -0.25) is 14.5 Å². The normalized spacial score (nSPS) is 16.9. The Morgan fingerprint density at radius 1 is 1.14 bits per heavy atom. The molecular weight excluding hydrogens is 458 g/mol. The molecule has 1 atom stereocenters. The number of anilines is 2. The number of rotatable bonds is 8. The van der Waals surface area contributed by atoms with Crippen LogP contribution in [0.3, 0.4) is 0 Å². The van der Waals surface area contributed by atoms with Crippen LogP contribution in [0, 0.1) is 11.6 Å². The van der Waals surface area contributed by atoms with E-state index >= 15 is 0 Å². The van der Waals surface area contributed by atoms with Crippen LogP contribution in [0.4, 0.5) is 20.2 Å². The van der Waals surface area contributed by atoms with Gasteiger partial charge in [-0.05, 0) is 30.2 Å². The van der Waals surface area contributed by atoms with Crippen LogP contribution in [0.2, 0.25) is 0 Å². The predicted octanol–water partition coefficient (Wildman–Crippen LogP) is 1.80. The molecule has 35 heavy (non-hydrogen) atoms. The molecule has 2 N–H and O–H groups in total. The maximum atomic E-state index is 14.0. The number of piperazine rings is 1. The van der Waals surface area contributed by atoms with E-state index in [-0.39, 0.29) is 17.6 Å². The van der Waals surface area contributed by atoms with Gasteiger partial charge in [0, 0.05) is 69.7 Å². The summed E-state index contributed by atoms with van der Waals surface area (Å²) in [6.07, 6.45) is 0.0512. The van der Waals surface area contributed by atoms with Crippen molar-refractivity contribution in [2.24, 2.45) is 0 Å². The molecule has 2 aliphatic rings. The van der Waals surface area contributed by atoms with Crippen molar-refractivity contribution in [2.45, 2.75) is 18.9 Å². The second-order valence-corrected chi connectivity index (χ2v) is 8.90. The van der Waals surface area contributed by atoms with E-state index in [1.54, 1.807) is 30.1 Å². The quantitative estimate of drug-likeness (QED) is 0.590. The summed E-state index contributed by atoms with van der Waals surface area (Å²) in [7, 11) is 3.07. The molecule has 0 aromatic heterocycles. The first-order valence-corrected chi connectivity index (χ1v) is 11.6. The number of aliphatic hydroxyl groups excluding tert-OH is 1. The molecular formula is C25H30F2N4O4. The molecule has 10 heteroatoms. The summed E-state index contributed by atoms with van der Waals surface area (Å²) in [6.45, 7) is 3.07. The number of halogens is 2. The Balaban J connectivity index is 1.21. The molecule has 0 bridgehead atoms. The zero-order valence-electron chi connectivity index (χ0n) is 19.9. The number of methoxy groups -OCH3 is 1. The number of hydrogen-bond donors (Lipinski definition) is 2. The third-order valence-corrected chi connectivity index (χ3v) is 6.56. The first-order valence-electron chi connectivity index (χ1n) is 11.6. The molecule has 0 aliphatic carbocycles. The Labute approximate surface area is 203 Å². The van der Waals surface area contributed by atoms with Crippen LogP contribution in [-0.4, -0.2) is 81.4 Å². The SMILES string of the molecule is COc1c(F)cc(F)cc1N1CCN(C[C@H](O)CCNC(=O)c2ccc3c(c2)CC(=O)N3C)CC1. The van der Waals surface area contributed by atoms with Gasteiger partial charge >= 0.3 is 0 Å². The summed E-state index contributed by atoms with van der Waals surface area (Å²) in [5.74, 6) is -1.60. The number of aliphatic hydroxyl groups is 1. The van der Waals surface area contributed by atoms with Crippen LogP contribution in [0.15, 0.2) is 30.3 Å². The number of benzene rings is 2. The summed E-state index contributed by atoms with van der Waals surface area (Å²) in [5, 5.41) is 13.3. The van der Waals surface area contributed by atoms with Crippen molar-refractivity contribution in [3.05, 3.63) is 53.1 Å². The van der Waals surface area contributed by atoms with Crippen molar-refractivity contribution in [1.82, 2.24) is 10.2 Å². The van der Waals surface area contributed by atoms with Gasteiger partial charge in [-0.2, -0.15) is 0 Å². The Morgan fingerprint density at radius 3 is 2.60 bits per heavy atom. The Bertz CT molecular complexity index is 1110. The Kier molecular flexibility index (Phi) is 7.51. The highest BCUT2D eigenvalue weighted by molar-refractivity contribution is 6.03. The van der Waals surface area contributed by atoms with E-state index in [9.17, 15) is 23.5 Å². The molecule has 0 radical (unpaired) electrons. The van der Waals surface area contributed by atoms with E-state index in [2.05, 4.69) is 10.2 Å². The number of likely N-dealkylation sites (N-methyl/N-ethyl adjacent to an activating group) is 1. The number of hydrogen-bond acceptors (Lipinski definition) is 6. The molecule has 8 nitrogen and oxygen atoms in total. The van der Waals surface area contributed by atoms with Crippen molar-refractivity contribution in [1.29, 1.82) is 0 Å². The summed E-state index contributed by atoms with van der Waals surface area (Å²) in [5.41, 5.74) is 2.53. The highest BCUT2D eigenvalue weighted by Gasteiger charge is 2.26. The number of carbonyl (C=O) groups excluding carboxylic acids is 2. The molecule has 2 amide bonds. The first kappa shape index (κ1) is 24.9. The molecule has 4 rings (SSSR count). The molecule has 1 saturated heterocycles. The third-order valence-electron chi connectivity index (χ3n) is 6.56. The Hall–Kier alpha value is -3.24. The monoisotopic (exact) mass is 488 g/mol. The summed E-state index contributed by atoms with van der Waals surface area (Å²) in [6, 6.07) is 7.28. The molecule has 188 valence electrons. The van der Waals surface area contributed by atoms with Crippen molar-refractivity contribution >= 4 is 23.2 Å². The van der Waals surface area contributed by atoms with Crippen LogP contribution in [0.25, 0.3) is 0 Å².